The number of rotatable bonds is 9. The van der Waals surface area contributed by atoms with E-state index in [2.05, 4.69) is 4.98 Å². The molecule has 0 saturated heterocycles. The summed E-state index contributed by atoms with van der Waals surface area (Å²) in [6, 6.07) is 9.66. The van der Waals surface area contributed by atoms with Gasteiger partial charge < -0.3 is 14.0 Å². The molecule has 28 heavy (non-hydrogen) atoms. The molecular weight excluding hydrogens is 396 g/mol. The molecule has 0 bridgehead atoms. The fourth-order valence-electron chi connectivity index (χ4n) is 2.91. The molecule has 0 fully saturated rings. The molecule has 0 aliphatic heterocycles. The van der Waals surface area contributed by atoms with Crippen LogP contribution in [-0.4, -0.2) is 47.4 Å². The molecule has 0 radical (unpaired) electrons. The largest absolute Gasteiger partial charge is 0.457 e. The maximum absolute atomic E-state index is 12.5. The minimum absolute atomic E-state index is 0.125. The second kappa shape index (κ2) is 9.36. The van der Waals surface area contributed by atoms with Gasteiger partial charge >= 0.3 is 5.97 Å². The van der Waals surface area contributed by atoms with Crippen LogP contribution in [0.15, 0.2) is 34.7 Å². The molecule has 6 nitrogen and oxygen atoms in total. The summed E-state index contributed by atoms with van der Waals surface area (Å²) in [6.45, 7) is 4.83. The first kappa shape index (κ1) is 20.6. The first-order valence-electron chi connectivity index (χ1n) is 8.82. The molecule has 1 aromatic carbocycles. The van der Waals surface area contributed by atoms with Crippen molar-refractivity contribution in [3.63, 3.8) is 0 Å². The fourth-order valence-corrected chi connectivity index (χ4v) is 4.78. The van der Waals surface area contributed by atoms with Gasteiger partial charge in [0.2, 0.25) is 5.78 Å². The van der Waals surface area contributed by atoms with E-state index < -0.39 is 5.97 Å². The average molecular weight is 419 g/mol. The van der Waals surface area contributed by atoms with Gasteiger partial charge in [-0.15, -0.1) is 11.3 Å². The topological polar surface area (TPSA) is 70.4 Å². The summed E-state index contributed by atoms with van der Waals surface area (Å²) in [5, 5.41) is 0. The van der Waals surface area contributed by atoms with Crippen LogP contribution in [0.3, 0.4) is 0 Å². The highest BCUT2D eigenvalue weighted by molar-refractivity contribution is 8.01. The molecule has 0 N–H and O–H groups in total. The van der Waals surface area contributed by atoms with Gasteiger partial charge in [0.15, 0.2) is 10.9 Å². The number of carbonyl (C=O) groups is 2. The van der Waals surface area contributed by atoms with Crippen molar-refractivity contribution in [1.29, 1.82) is 0 Å². The number of ether oxygens (including phenoxy) is 2. The van der Waals surface area contributed by atoms with Crippen molar-refractivity contribution >= 4 is 45.1 Å². The van der Waals surface area contributed by atoms with Gasteiger partial charge in [0.1, 0.15) is 0 Å². The number of aromatic nitrogens is 2. The van der Waals surface area contributed by atoms with Crippen molar-refractivity contribution in [3.05, 3.63) is 47.3 Å². The number of aryl methyl sites for hydroxylation is 1. The number of ketones is 1. The first-order chi connectivity index (χ1) is 13.5. The lowest BCUT2D eigenvalue weighted by atomic mass is 10.1. The van der Waals surface area contributed by atoms with E-state index in [9.17, 15) is 9.59 Å². The van der Waals surface area contributed by atoms with Crippen LogP contribution in [0, 0.1) is 13.8 Å². The molecule has 0 saturated carbocycles. The smallest absolute Gasteiger partial charge is 0.316 e. The lowest BCUT2D eigenvalue weighted by molar-refractivity contribution is -0.139. The van der Waals surface area contributed by atoms with Crippen molar-refractivity contribution in [2.75, 3.05) is 26.1 Å². The number of benzene rings is 1. The summed E-state index contributed by atoms with van der Waals surface area (Å²) in [5.74, 6) is -0.499. The Morgan fingerprint density at radius 2 is 2.04 bits per heavy atom. The number of methoxy groups -OCH3 is 1. The van der Waals surface area contributed by atoms with E-state index in [-0.39, 0.29) is 18.1 Å². The predicted octanol–water partition coefficient (Wildman–Crippen LogP) is 3.88. The minimum Gasteiger partial charge on any atom is -0.457 e. The van der Waals surface area contributed by atoms with Crippen molar-refractivity contribution in [2.24, 2.45) is 0 Å². The minimum atomic E-state index is -0.425. The Morgan fingerprint density at radius 3 is 2.79 bits per heavy atom. The van der Waals surface area contributed by atoms with Crippen molar-refractivity contribution in [1.82, 2.24) is 9.55 Å². The summed E-state index contributed by atoms with van der Waals surface area (Å²) >= 11 is 2.86. The van der Waals surface area contributed by atoms with Crippen LogP contribution in [0.2, 0.25) is 0 Å². The van der Waals surface area contributed by atoms with Crippen LogP contribution < -0.4 is 0 Å². The van der Waals surface area contributed by atoms with Crippen LogP contribution in [0.25, 0.3) is 10.2 Å². The average Bonchev–Trinajstić information content (AvgIpc) is 3.23. The van der Waals surface area contributed by atoms with E-state index in [1.54, 1.807) is 7.11 Å². The lowest BCUT2D eigenvalue weighted by Gasteiger charge is -2.09. The van der Waals surface area contributed by atoms with Crippen LogP contribution in [-0.2, 0) is 20.8 Å². The number of fused-ring (bicyclic) bond motifs is 1. The van der Waals surface area contributed by atoms with Crippen LogP contribution in [0.4, 0.5) is 0 Å². The van der Waals surface area contributed by atoms with Crippen molar-refractivity contribution in [2.45, 2.75) is 24.7 Å². The number of hydrogen-bond donors (Lipinski definition) is 0. The maximum atomic E-state index is 12.5. The van der Waals surface area contributed by atoms with Gasteiger partial charge in [-0.05, 0) is 32.0 Å². The lowest BCUT2D eigenvalue weighted by Crippen LogP contribution is -2.16. The van der Waals surface area contributed by atoms with Gasteiger partial charge in [-0.25, -0.2) is 4.98 Å². The van der Waals surface area contributed by atoms with Gasteiger partial charge in [-0.1, -0.05) is 23.9 Å². The maximum Gasteiger partial charge on any atom is 0.316 e. The Kier molecular flexibility index (Phi) is 6.88. The summed E-state index contributed by atoms with van der Waals surface area (Å²) in [5.41, 5.74) is 3.35. The molecule has 0 aliphatic carbocycles. The van der Waals surface area contributed by atoms with E-state index in [0.717, 1.165) is 25.9 Å². The van der Waals surface area contributed by atoms with Crippen molar-refractivity contribution in [3.8, 4) is 0 Å². The van der Waals surface area contributed by atoms with Gasteiger partial charge in [0.25, 0.3) is 0 Å². The zero-order valence-corrected chi connectivity index (χ0v) is 17.7. The Labute approximate surface area is 171 Å². The summed E-state index contributed by atoms with van der Waals surface area (Å²) in [4.78, 5) is 29.0. The quantitative estimate of drug-likeness (QED) is 0.298. The van der Waals surface area contributed by atoms with E-state index in [0.29, 0.717) is 18.7 Å². The number of Topliss-reactive ketones (excluding diaryl/α,β-unsaturated/α-hetero) is 1. The normalized spacial score (nSPS) is 11.1. The van der Waals surface area contributed by atoms with Crippen molar-refractivity contribution < 1.29 is 19.1 Å². The van der Waals surface area contributed by atoms with E-state index in [1.165, 1.54) is 23.1 Å². The Hall–Kier alpha value is -2.16. The number of thiazole rings is 1. The first-order valence-corrected chi connectivity index (χ1v) is 10.6. The third-order valence-electron chi connectivity index (χ3n) is 4.35. The van der Waals surface area contributed by atoms with Crippen LogP contribution in [0.5, 0.6) is 0 Å². The Balaban J connectivity index is 1.52. The third kappa shape index (κ3) is 4.81. The zero-order chi connectivity index (χ0) is 20.1. The summed E-state index contributed by atoms with van der Waals surface area (Å²) in [6.07, 6.45) is 0. The molecule has 3 rings (SSSR count). The second-order valence-electron chi connectivity index (χ2n) is 6.25. The van der Waals surface area contributed by atoms with E-state index in [1.807, 2.05) is 48.7 Å². The summed E-state index contributed by atoms with van der Waals surface area (Å²) < 4.78 is 14.2. The third-order valence-corrected chi connectivity index (χ3v) is 6.50. The molecule has 0 amide bonds. The molecule has 0 atom stereocenters. The molecule has 2 aromatic heterocycles. The highest BCUT2D eigenvalue weighted by Crippen LogP contribution is 2.29. The van der Waals surface area contributed by atoms with E-state index in [4.69, 9.17) is 9.47 Å². The highest BCUT2D eigenvalue weighted by atomic mass is 32.2. The number of carbonyl (C=O) groups excluding carboxylic acids is 2. The monoisotopic (exact) mass is 418 g/mol. The van der Waals surface area contributed by atoms with Crippen LogP contribution in [0.1, 0.15) is 21.7 Å². The van der Waals surface area contributed by atoms with Gasteiger partial charge in [-0.2, -0.15) is 0 Å². The standard InChI is InChI=1S/C20H22N2O4S2/c1-13-10-15(14(2)22(13)8-9-25-3)17(23)11-26-19(24)12-27-20-21-16-6-4-5-7-18(16)28-20/h4-7,10H,8-9,11-12H2,1-3H3. The predicted molar refractivity (Wildman–Crippen MR) is 111 cm³/mol. The number of esters is 1. The summed E-state index contributed by atoms with van der Waals surface area (Å²) in [7, 11) is 1.64. The number of para-hydroxylation sites is 1. The number of hydrogen-bond acceptors (Lipinski definition) is 7. The van der Waals surface area contributed by atoms with E-state index >= 15 is 0 Å². The SMILES string of the molecule is COCCn1c(C)cc(C(=O)COC(=O)CSc2nc3ccccc3s2)c1C. The number of thioether (sulfide) groups is 1. The second-order valence-corrected chi connectivity index (χ2v) is 8.50. The zero-order valence-electron chi connectivity index (χ0n) is 16.1. The molecule has 0 spiro atoms. The number of nitrogens with zero attached hydrogens (tertiary/aromatic N) is 2. The Bertz CT molecular complexity index is 960. The molecule has 0 unspecified atom stereocenters. The molecule has 0 aliphatic rings. The van der Waals surface area contributed by atoms with Gasteiger partial charge in [0.05, 0.1) is 22.6 Å². The molecule has 148 valence electrons. The Morgan fingerprint density at radius 1 is 1.25 bits per heavy atom. The van der Waals surface area contributed by atoms with Gasteiger partial charge in [0, 0.05) is 30.6 Å². The molecular formula is C20H22N2O4S2. The highest BCUT2D eigenvalue weighted by Gasteiger charge is 2.17. The molecule has 2 heterocycles. The molecule has 8 heteroatoms. The molecule has 3 aromatic rings. The van der Waals surface area contributed by atoms with Crippen LogP contribution >= 0.6 is 23.1 Å². The fraction of sp³-hybridized carbons (Fsp3) is 0.350. The van der Waals surface area contributed by atoms with Gasteiger partial charge in [-0.3, -0.25) is 9.59 Å².